The van der Waals surface area contributed by atoms with Gasteiger partial charge in [-0.15, -0.1) is 0 Å². The lowest BCUT2D eigenvalue weighted by Gasteiger charge is -2.09. The fourth-order valence-electron chi connectivity index (χ4n) is 4.06. The Bertz CT molecular complexity index is 1140. The molecule has 4 aromatic carbocycles. The van der Waals surface area contributed by atoms with Crippen LogP contribution in [-0.4, -0.2) is 11.6 Å². The van der Waals surface area contributed by atoms with Gasteiger partial charge in [0.05, 0.1) is 0 Å². The Morgan fingerprint density at radius 3 is 1.34 bits per heavy atom. The number of aryl methyl sites for hydroxylation is 2. The van der Waals surface area contributed by atoms with Gasteiger partial charge in [0.2, 0.25) is 0 Å². The van der Waals surface area contributed by atoms with Gasteiger partial charge in [-0.1, -0.05) is 72.8 Å². The summed E-state index contributed by atoms with van der Waals surface area (Å²) in [5.74, 6) is 0.200. The lowest BCUT2D eigenvalue weighted by Crippen LogP contribution is -2.05. The molecule has 2 heteroatoms. The van der Waals surface area contributed by atoms with Crippen molar-refractivity contribution in [1.29, 1.82) is 0 Å². The van der Waals surface area contributed by atoms with E-state index in [1.165, 1.54) is 11.1 Å². The highest BCUT2D eigenvalue weighted by Crippen LogP contribution is 2.26. The number of benzene rings is 4. The summed E-state index contributed by atoms with van der Waals surface area (Å²) in [4.78, 5) is 25.7. The summed E-state index contributed by atoms with van der Waals surface area (Å²) in [5.41, 5.74) is 3.83. The van der Waals surface area contributed by atoms with Gasteiger partial charge >= 0.3 is 0 Å². The second kappa shape index (κ2) is 8.00. The number of hydrogen-bond acceptors (Lipinski definition) is 2. The summed E-state index contributed by atoms with van der Waals surface area (Å²) in [6.45, 7) is 4.11. The minimum atomic E-state index is 0.0998. The normalized spacial score (nSPS) is 11.1. The predicted molar refractivity (Wildman–Crippen MR) is 120 cm³/mol. The van der Waals surface area contributed by atoms with E-state index < -0.39 is 0 Å². The van der Waals surface area contributed by atoms with Gasteiger partial charge in [-0.2, -0.15) is 0 Å². The molecular formula is C27H24O2. The van der Waals surface area contributed by atoms with Crippen LogP contribution in [0.25, 0.3) is 21.5 Å². The molecule has 0 heterocycles. The van der Waals surface area contributed by atoms with Crippen molar-refractivity contribution >= 4 is 33.1 Å². The van der Waals surface area contributed by atoms with Crippen molar-refractivity contribution in [3.8, 4) is 0 Å². The number of carbonyl (C=O) groups is 2. The van der Waals surface area contributed by atoms with Crippen LogP contribution in [0.1, 0.15) is 51.1 Å². The molecule has 0 bridgehead atoms. The monoisotopic (exact) mass is 380 g/mol. The first-order valence-corrected chi connectivity index (χ1v) is 10.1. The standard InChI is InChI=1S/C27H24O2/c1-18-14-16-24(22-10-5-3-8-20(18)22)26(28)12-7-13-27(29)25-17-15-19(2)21-9-4-6-11-23(21)25/h3-6,8-11,14-17H,7,12-13H2,1-2H3. The Morgan fingerprint density at radius 1 is 0.552 bits per heavy atom. The Labute approximate surface area is 171 Å². The molecule has 2 nitrogen and oxygen atoms in total. The number of Topliss-reactive ketones (excluding diaryl/α,β-unsaturated/α-hetero) is 2. The van der Waals surface area contributed by atoms with Crippen molar-refractivity contribution < 1.29 is 9.59 Å². The van der Waals surface area contributed by atoms with Gasteiger partial charge in [0.15, 0.2) is 11.6 Å². The molecule has 4 aromatic rings. The maximum absolute atomic E-state index is 12.8. The molecule has 0 saturated carbocycles. The van der Waals surface area contributed by atoms with Gasteiger partial charge < -0.3 is 0 Å². The van der Waals surface area contributed by atoms with Crippen molar-refractivity contribution in [2.24, 2.45) is 0 Å². The van der Waals surface area contributed by atoms with Gasteiger partial charge in [0.1, 0.15) is 0 Å². The van der Waals surface area contributed by atoms with E-state index in [4.69, 9.17) is 0 Å². The molecule has 0 saturated heterocycles. The summed E-state index contributed by atoms with van der Waals surface area (Å²) >= 11 is 0. The highest BCUT2D eigenvalue weighted by molar-refractivity contribution is 6.10. The number of ketones is 2. The zero-order valence-corrected chi connectivity index (χ0v) is 16.9. The van der Waals surface area contributed by atoms with Crippen molar-refractivity contribution in [3.63, 3.8) is 0 Å². The van der Waals surface area contributed by atoms with Gasteiger partial charge in [-0.25, -0.2) is 0 Å². The van der Waals surface area contributed by atoms with E-state index in [1.807, 2.05) is 72.8 Å². The second-order valence-corrected chi connectivity index (χ2v) is 7.65. The van der Waals surface area contributed by atoms with Gasteiger partial charge in [-0.3, -0.25) is 9.59 Å². The fourth-order valence-corrected chi connectivity index (χ4v) is 4.06. The molecule has 0 atom stereocenters. The maximum Gasteiger partial charge on any atom is 0.163 e. The van der Waals surface area contributed by atoms with E-state index in [0.29, 0.717) is 19.3 Å². The minimum Gasteiger partial charge on any atom is -0.294 e. The largest absolute Gasteiger partial charge is 0.294 e. The Balaban J connectivity index is 1.49. The highest BCUT2D eigenvalue weighted by atomic mass is 16.1. The summed E-state index contributed by atoms with van der Waals surface area (Å²) < 4.78 is 0. The molecule has 0 spiro atoms. The third-order valence-corrected chi connectivity index (χ3v) is 5.69. The molecule has 4 rings (SSSR count). The molecule has 0 N–H and O–H groups in total. The van der Waals surface area contributed by atoms with Crippen molar-refractivity contribution in [3.05, 3.63) is 95.1 Å². The predicted octanol–water partition coefficient (Wildman–Crippen LogP) is 6.85. The Hall–Kier alpha value is -3.26. The quantitative estimate of drug-likeness (QED) is 0.343. The molecule has 0 aromatic heterocycles. The van der Waals surface area contributed by atoms with Gasteiger partial charge in [0, 0.05) is 24.0 Å². The zero-order chi connectivity index (χ0) is 20.4. The Morgan fingerprint density at radius 2 is 0.931 bits per heavy atom. The summed E-state index contributed by atoms with van der Waals surface area (Å²) in [5, 5.41) is 4.21. The maximum atomic E-state index is 12.8. The van der Waals surface area contributed by atoms with Crippen LogP contribution in [-0.2, 0) is 0 Å². The number of hydrogen-bond donors (Lipinski definition) is 0. The Kier molecular flexibility index (Phi) is 5.26. The van der Waals surface area contributed by atoms with Crippen molar-refractivity contribution in [2.45, 2.75) is 33.1 Å². The van der Waals surface area contributed by atoms with Crippen LogP contribution in [0.15, 0.2) is 72.8 Å². The van der Waals surface area contributed by atoms with Crippen molar-refractivity contribution in [1.82, 2.24) is 0 Å². The van der Waals surface area contributed by atoms with E-state index in [0.717, 1.165) is 32.7 Å². The summed E-state index contributed by atoms with van der Waals surface area (Å²) in [6.07, 6.45) is 1.31. The van der Waals surface area contributed by atoms with Crippen LogP contribution >= 0.6 is 0 Å². The lowest BCUT2D eigenvalue weighted by molar-refractivity contribution is 0.0959. The average molecular weight is 380 g/mol. The molecule has 0 amide bonds. The molecule has 29 heavy (non-hydrogen) atoms. The van der Waals surface area contributed by atoms with Gasteiger partial charge in [-0.05, 0) is 52.9 Å². The van der Waals surface area contributed by atoms with Crippen LogP contribution in [0.2, 0.25) is 0 Å². The number of carbonyl (C=O) groups excluding carboxylic acids is 2. The van der Waals surface area contributed by atoms with E-state index in [-0.39, 0.29) is 11.6 Å². The molecule has 0 radical (unpaired) electrons. The highest BCUT2D eigenvalue weighted by Gasteiger charge is 2.14. The number of rotatable bonds is 6. The van der Waals surface area contributed by atoms with Gasteiger partial charge in [0.25, 0.3) is 0 Å². The fraction of sp³-hybridized carbons (Fsp3) is 0.185. The van der Waals surface area contributed by atoms with Crippen molar-refractivity contribution in [2.75, 3.05) is 0 Å². The molecule has 0 aliphatic rings. The third-order valence-electron chi connectivity index (χ3n) is 5.69. The van der Waals surface area contributed by atoms with Crippen LogP contribution in [0.3, 0.4) is 0 Å². The average Bonchev–Trinajstić information content (AvgIpc) is 2.74. The van der Waals surface area contributed by atoms with Crippen LogP contribution in [0.4, 0.5) is 0 Å². The van der Waals surface area contributed by atoms with E-state index >= 15 is 0 Å². The molecule has 0 fully saturated rings. The third kappa shape index (κ3) is 3.71. The van der Waals surface area contributed by atoms with E-state index in [9.17, 15) is 9.59 Å². The topological polar surface area (TPSA) is 34.1 Å². The molecule has 0 aliphatic heterocycles. The number of fused-ring (bicyclic) bond motifs is 2. The first kappa shape index (κ1) is 19.1. The first-order chi connectivity index (χ1) is 14.1. The molecular weight excluding hydrogens is 356 g/mol. The molecule has 0 aliphatic carbocycles. The van der Waals surface area contributed by atoms with E-state index in [2.05, 4.69) is 13.8 Å². The lowest BCUT2D eigenvalue weighted by atomic mass is 9.93. The second-order valence-electron chi connectivity index (χ2n) is 7.65. The summed E-state index contributed by atoms with van der Waals surface area (Å²) in [6, 6.07) is 23.8. The van der Waals surface area contributed by atoms with Crippen LogP contribution in [0, 0.1) is 13.8 Å². The van der Waals surface area contributed by atoms with Crippen LogP contribution in [0.5, 0.6) is 0 Å². The minimum absolute atomic E-state index is 0.0998. The zero-order valence-electron chi connectivity index (χ0n) is 16.9. The molecule has 0 unspecified atom stereocenters. The summed E-state index contributed by atoms with van der Waals surface area (Å²) in [7, 11) is 0. The SMILES string of the molecule is Cc1ccc(C(=O)CCCC(=O)c2ccc(C)c3ccccc23)c2ccccc12. The first-order valence-electron chi connectivity index (χ1n) is 10.1. The van der Waals surface area contributed by atoms with Crippen LogP contribution < -0.4 is 0 Å². The molecule has 144 valence electrons. The smallest absolute Gasteiger partial charge is 0.163 e. The van der Waals surface area contributed by atoms with E-state index in [1.54, 1.807) is 0 Å².